The van der Waals surface area contributed by atoms with E-state index in [1.54, 1.807) is 13.2 Å². The van der Waals surface area contributed by atoms with E-state index >= 15 is 0 Å². The summed E-state index contributed by atoms with van der Waals surface area (Å²) in [5, 5.41) is 3.59. The van der Waals surface area contributed by atoms with E-state index in [2.05, 4.69) is 5.32 Å². The number of aryl methyl sites for hydroxylation is 1. The van der Waals surface area contributed by atoms with E-state index in [1.807, 2.05) is 13.0 Å². The molecule has 0 aliphatic heterocycles. The fourth-order valence-corrected chi connectivity index (χ4v) is 2.51. The Hall–Kier alpha value is -1.22. The summed E-state index contributed by atoms with van der Waals surface area (Å²) in [6, 6.07) is 3.59. The molecule has 1 N–H and O–H groups in total. The molecule has 1 amide bonds. The van der Waals surface area contributed by atoms with E-state index in [1.165, 1.54) is 0 Å². The fourth-order valence-electron chi connectivity index (χ4n) is 2.35. The summed E-state index contributed by atoms with van der Waals surface area (Å²) in [5.74, 6) is 0.843. The fraction of sp³-hybridized carbons (Fsp3) is 0.500. The number of rotatable bonds is 3. The molecular weight excluding hydrogens is 250 g/mol. The first-order valence-electron chi connectivity index (χ1n) is 6.27. The number of halogens is 1. The Morgan fingerprint density at radius 2 is 2.06 bits per heavy atom. The lowest BCUT2D eigenvalue weighted by Crippen LogP contribution is -2.20. The minimum Gasteiger partial charge on any atom is -0.495 e. The highest BCUT2D eigenvalue weighted by Gasteiger charge is 2.23. The first-order valence-corrected chi connectivity index (χ1v) is 6.64. The van der Waals surface area contributed by atoms with Gasteiger partial charge in [-0.25, -0.2) is 0 Å². The van der Waals surface area contributed by atoms with E-state index in [0.29, 0.717) is 16.5 Å². The summed E-state index contributed by atoms with van der Waals surface area (Å²) < 4.78 is 5.25. The molecule has 98 valence electrons. The number of nitrogens with one attached hydrogen (secondary N) is 1. The Bertz CT molecular complexity index is 453. The number of amides is 1. The summed E-state index contributed by atoms with van der Waals surface area (Å²) in [4.78, 5) is 12.1. The molecule has 0 bridgehead atoms. The molecule has 0 radical (unpaired) electrons. The molecule has 1 aliphatic rings. The molecule has 3 nitrogen and oxygen atoms in total. The van der Waals surface area contributed by atoms with Gasteiger partial charge in [-0.05, 0) is 31.4 Å². The van der Waals surface area contributed by atoms with Crippen LogP contribution < -0.4 is 10.1 Å². The van der Waals surface area contributed by atoms with Gasteiger partial charge in [0.05, 0.1) is 12.8 Å². The molecule has 0 unspecified atom stereocenters. The molecule has 1 aromatic carbocycles. The Kier molecular flexibility index (Phi) is 4.12. The molecule has 1 aromatic rings. The van der Waals surface area contributed by atoms with Crippen LogP contribution in [-0.4, -0.2) is 13.0 Å². The second-order valence-electron chi connectivity index (χ2n) is 4.77. The highest BCUT2D eigenvalue weighted by Crippen LogP contribution is 2.32. The Labute approximate surface area is 112 Å². The monoisotopic (exact) mass is 267 g/mol. The largest absolute Gasteiger partial charge is 0.495 e. The number of ether oxygens (including phenoxy) is 1. The first kappa shape index (κ1) is 13.2. The van der Waals surface area contributed by atoms with Crippen molar-refractivity contribution in [2.45, 2.75) is 32.6 Å². The molecule has 18 heavy (non-hydrogen) atoms. The third-order valence-corrected chi connectivity index (χ3v) is 3.87. The molecule has 1 saturated carbocycles. The van der Waals surface area contributed by atoms with Crippen LogP contribution in [0.1, 0.15) is 31.2 Å². The summed E-state index contributed by atoms with van der Waals surface area (Å²) in [6.07, 6.45) is 4.27. The van der Waals surface area contributed by atoms with E-state index < -0.39 is 0 Å². The number of hydrogen-bond acceptors (Lipinski definition) is 2. The van der Waals surface area contributed by atoms with Gasteiger partial charge in [-0.1, -0.05) is 24.4 Å². The molecule has 0 heterocycles. The summed E-state index contributed by atoms with van der Waals surface area (Å²) in [7, 11) is 1.58. The van der Waals surface area contributed by atoms with Crippen LogP contribution >= 0.6 is 11.6 Å². The van der Waals surface area contributed by atoms with Crippen molar-refractivity contribution < 1.29 is 9.53 Å². The number of hydrogen-bond donors (Lipinski definition) is 1. The van der Waals surface area contributed by atoms with Crippen LogP contribution in [0.5, 0.6) is 5.75 Å². The van der Waals surface area contributed by atoms with Gasteiger partial charge in [-0.15, -0.1) is 0 Å². The molecule has 4 heteroatoms. The second-order valence-corrected chi connectivity index (χ2v) is 5.18. The zero-order valence-corrected chi connectivity index (χ0v) is 11.5. The van der Waals surface area contributed by atoms with Crippen molar-refractivity contribution in [1.82, 2.24) is 0 Å². The first-order chi connectivity index (χ1) is 8.61. The molecule has 1 aliphatic carbocycles. The van der Waals surface area contributed by atoms with E-state index in [0.717, 1.165) is 31.2 Å². The van der Waals surface area contributed by atoms with Gasteiger partial charge in [0.25, 0.3) is 0 Å². The van der Waals surface area contributed by atoms with Gasteiger partial charge in [0.1, 0.15) is 5.75 Å². The standard InChI is InChI=1S/C14H18ClNO2/c1-9-7-12(13(18-2)8-11(9)15)16-14(17)10-5-3-4-6-10/h7-8,10H,3-6H2,1-2H3,(H,16,17). The minimum absolute atomic E-state index is 0.0903. The van der Waals surface area contributed by atoms with Gasteiger partial charge in [-0.3, -0.25) is 4.79 Å². The molecule has 0 spiro atoms. The van der Waals surface area contributed by atoms with Crippen molar-refractivity contribution in [2.75, 3.05) is 12.4 Å². The van der Waals surface area contributed by atoms with Crippen LogP contribution in [-0.2, 0) is 4.79 Å². The van der Waals surface area contributed by atoms with Crippen molar-refractivity contribution in [3.63, 3.8) is 0 Å². The van der Waals surface area contributed by atoms with Crippen LogP contribution in [0.25, 0.3) is 0 Å². The van der Waals surface area contributed by atoms with Crippen LogP contribution in [0.2, 0.25) is 5.02 Å². The number of benzene rings is 1. The zero-order chi connectivity index (χ0) is 13.1. The average molecular weight is 268 g/mol. The second kappa shape index (κ2) is 5.61. The van der Waals surface area contributed by atoms with Crippen LogP contribution in [0.3, 0.4) is 0 Å². The third kappa shape index (κ3) is 2.78. The Morgan fingerprint density at radius 3 is 2.67 bits per heavy atom. The number of carbonyl (C=O) groups excluding carboxylic acids is 1. The van der Waals surface area contributed by atoms with Crippen molar-refractivity contribution in [2.24, 2.45) is 5.92 Å². The van der Waals surface area contributed by atoms with E-state index in [-0.39, 0.29) is 11.8 Å². The molecule has 1 fully saturated rings. The normalized spacial score (nSPS) is 15.7. The smallest absolute Gasteiger partial charge is 0.227 e. The Balaban J connectivity index is 2.17. The van der Waals surface area contributed by atoms with Crippen molar-refractivity contribution in [3.8, 4) is 5.75 Å². The summed E-state index contributed by atoms with van der Waals surface area (Å²) in [6.45, 7) is 1.91. The third-order valence-electron chi connectivity index (χ3n) is 3.46. The SMILES string of the molecule is COc1cc(Cl)c(C)cc1NC(=O)C1CCCC1. The topological polar surface area (TPSA) is 38.3 Å². The van der Waals surface area contributed by atoms with Gasteiger partial charge in [0.15, 0.2) is 0 Å². The lowest BCUT2D eigenvalue weighted by Gasteiger charge is -2.14. The van der Waals surface area contributed by atoms with Crippen LogP contribution in [0.15, 0.2) is 12.1 Å². The maximum atomic E-state index is 12.1. The average Bonchev–Trinajstić information content (AvgIpc) is 2.87. The number of anilines is 1. The van der Waals surface area contributed by atoms with Gasteiger partial charge >= 0.3 is 0 Å². The zero-order valence-electron chi connectivity index (χ0n) is 10.8. The summed E-state index contributed by atoms with van der Waals surface area (Å²) >= 11 is 6.04. The van der Waals surface area contributed by atoms with Crippen molar-refractivity contribution >= 4 is 23.2 Å². The van der Waals surface area contributed by atoms with Crippen LogP contribution in [0, 0.1) is 12.8 Å². The predicted molar refractivity (Wildman–Crippen MR) is 73.3 cm³/mol. The molecule has 0 atom stereocenters. The van der Waals surface area contributed by atoms with Gasteiger partial charge in [-0.2, -0.15) is 0 Å². The van der Waals surface area contributed by atoms with Gasteiger partial charge in [0.2, 0.25) is 5.91 Å². The van der Waals surface area contributed by atoms with Gasteiger partial charge < -0.3 is 10.1 Å². The lowest BCUT2D eigenvalue weighted by atomic mass is 10.1. The number of methoxy groups -OCH3 is 1. The maximum Gasteiger partial charge on any atom is 0.227 e. The highest BCUT2D eigenvalue weighted by molar-refractivity contribution is 6.31. The lowest BCUT2D eigenvalue weighted by molar-refractivity contribution is -0.119. The minimum atomic E-state index is 0.0903. The van der Waals surface area contributed by atoms with E-state index in [9.17, 15) is 4.79 Å². The molecule has 2 rings (SSSR count). The summed E-state index contributed by atoms with van der Waals surface area (Å²) in [5.41, 5.74) is 1.63. The van der Waals surface area contributed by atoms with Crippen molar-refractivity contribution in [1.29, 1.82) is 0 Å². The van der Waals surface area contributed by atoms with Gasteiger partial charge in [0, 0.05) is 17.0 Å². The molecule has 0 aromatic heterocycles. The predicted octanol–water partition coefficient (Wildman–Crippen LogP) is 3.79. The highest BCUT2D eigenvalue weighted by atomic mass is 35.5. The Morgan fingerprint density at radius 1 is 1.39 bits per heavy atom. The van der Waals surface area contributed by atoms with Crippen molar-refractivity contribution in [3.05, 3.63) is 22.7 Å². The van der Waals surface area contributed by atoms with E-state index in [4.69, 9.17) is 16.3 Å². The maximum absolute atomic E-state index is 12.1. The molecule has 0 saturated heterocycles. The quantitative estimate of drug-likeness (QED) is 0.905. The molecular formula is C14H18ClNO2. The van der Waals surface area contributed by atoms with Crippen LogP contribution in [0.4, 0.5) is 5.69 Å². The number of carbonyl (C=O) groups is 1.